The molecule has 2 aliphatic heterocycles. The molecule has 3 atom stereocenters. The molecule has 1 N–H and O–H groups in total. The average molecular weight is 482 g/mol. The number of hydrogen-bond acceptors (Lipinski definition) is 7. The molecule has 0 radical (unpaired) electrons. The highest BCUT2D eigenvalue weighted by Gasteiger charge is 2.40. The largest absolute Gasteiger partial charge is 0.469 e. The van der Waals surface area contributed by atoms with E-state index in [0.29, 0.717) is 18.4 Å². The molecule has 1 saturated heterocycles. The molecule has 4 rings (SSSR count). The van der Waals surface area contributed by atoms with Crippen LogP contribution in [0.3, 0.4) is 0 Å². The van der Waals surface area contributed by atoms with Crippen LogP contribution in [-0.2, 0) is 14.9 Å². The number of rotatable bonds is 8. The number of esters is 1. The maximum absolute atomic E-state index is 11.5. The van der Waals surface area contributed by atoms with Crippen molar-refractivity contribution in [3.8, 4) is 0 Å². The van der Waals surface area contributed by atoms with Crippen molar-refractivity contribution in [2.75, 3.05) is 31.6 Å². The van der Waals surface area contributed by atoms with Gasteiger partial charge in [0.05, 0.1) is 37.3 Å². The Morgan fingerprint density at radius 2 is 2.09 bits per heavy atom. The van der Waals surface area contributed by atoms with Crippen molar-refractivity contribution in [1.29, 1.82) is 0 Å². The van der Waals surface area contributed by atoms with Crippen molar-refractivity contribution in [2.45, 2.75) is 90.3 Å². The van der Waals surface area contributed by atoms with Gasteiger partial charge in [0, 0.05) is 37.3 Å². The minimum Gasteiger partial charge on any atom is -0.469 e. The van der Waals surface area contributed by atoms with Crippen molar-refractivity contribution in [3.63, 3.8) is 0 Å². The van der Waals surface area contributed by atoms with Crippen LogP contribution < -0.4 is 10.2 Å². The molecule has 0 amide bonds. The lowest BCUT2D eigenvalue weighted by Gasteiger charge is -2.44. The van der Waals surface area contributed by atoms with E-state index in [2.05, 4.69) is 48.9 Å². The monoisotopic (exact) mass is 481 g/mol. The van der Waals surface area contributed by atoms with Gasteiger partial charge in [-0.15, -0.1) is 0 Å². The molecule has 3 aliphatic rings. The highest BCUT2D eigenvalue weighted by atomic mass is 16.5. The Morgan fingerprint density at radius 3 is 2.71 bits per heavy atom. The molecule has 7 heteroatoms. The number of aromatic nitrogens is 2. The second-order valence-corrected chi connectivity index (χ2v) is 10.8. The van der Waals surface area contributed by atoms with Gasteiger partial charge in [0.1, 0.15) is 5.82 Å². The number of dihydropyridines is 1. The van der Waals surface area contributed by atoms with E-state index < -0.39 is 0 Å². The summed E-state index contributed by atoms with van der Waals surface area (Å²) >= 11 is 0. The zero-order valence-corrected chi connectivity index (χ0v) is 22.2. The van der Waals surface area contributed by atoms with E-state index in [0.717, 1.165) is 36.7 Å². The zero-order chi connectivity index (χ0) is 25.0. The maximum Gasteiger partial charge on any atom is 0.310 e. The van der Waals surface area contributed by atoms with Gasteiger partial charge in [-0.25, -0.2) is 4.98 Å². The number of hydrogen-bond donors (Lipinski definition) is 1. The summed E-state index contributed by atoms with van der Waals surface area (Å²) in [6, 6.07) is 0.332. The highest BCUT2D eigenvalue weighted by molar-refractivity contribution is 5.73. The summed E-state index contributed by atoms with van der Waals surface area (Å²) in [5, 5.41) is 3.45. The molecule has 1 saturated carbocycles. The molecule has 0 aromatic carbocycles. The van der Waals surface area contributed by atoms with Crippen LogP contribution in [-0.4, -0.2) is 59.8 Å². The van der Waals surface area contributed by atoms with Gasteiger partial charge < -0.3 is 15.0 Å². The molecule has 1 aromatic heterocycles. The van der Waals surface area contributed by atoms with Crippen LogP contribution in [0.25, 0.3) is 0 Å². The molecule has 2 unspecified atom stereocenters. The first kappa shape index (κ1) is 25.7. The lowest BCUT2D eigenvalue weighted by atomic mass is 9.74. The third-order valence-electron chi connectivity index (χ3n) is 8.30. The summed E-state index contributed by atoms with van der Waals surface area (Å²) in [4.78, 5) is 26.6. The first-order valence-corrected chi connectivity index (χ1v) is 13.4. The number of piperazine rings is 1. The van der Waals surface area contributed by atoms with Gasteiger partial charge in [-0.3, -0.25) is 14.7 Å². The minimum atomic E-state index is -0.217. The Hall–Kier alpha value is -2.41. The molecule has 0 bridgehead atoms. The highest BCUT2D eigenvalue weighted by Crippen LogP contribution is 2.46. The number of ether oxygens (including phenoxy) is 1. The summed E-state index contributed by atoms with van der Waals surface area (Å²) in [6.45, 7) is 11.9. The van der Waals surface area contributed by atoms with Gasteiger partial charge >= 0.3 is 5.97 Å². The maximum atomic E-state index is 11.5. The van der Waals surface area contributed by atoms with Crippen LogP contribution in [0, 0.1) is 12.8 Å². The summed E-state index contributed by atoms with van der Waals surface area (Å²) in [7, 11) is 1.42. The van der Waals surface area contributed by atoms with Crippen LogP contribution in [0.4, 0.5) is 5.82 Å². The first-order valence-electron chi connectivity index (χ1n) is 13.4. The third kappa shape index (κ3) is 5.71. The Kier molecular flexibility index (Phi) is 8.15. The van der Waals surface area contributed by atoms with Crippen LogP contribution in [0.1, 0.15) is 77.1 Å². The van der Waals surface area contributed by atoms with E-state index >= 15 is 0 Å². The zero-order valence-electron chi connectivity index (χ0n) is 22.2. The fourth-order valence-corrected chi connectivity index (χ4v) is 6.15. The number of aryl methyl sites for hydroxylation is 1. The summed E-state index contributed by atoms with van der Waals surface area (Å²) in [5.41, 5.74) is 3.50. The first-order chi connectivity index (χ1) is 16.8. The van der Waals surface area contributed by atoms with Crippen LogP contribution in [0.5, 0.6) is 0 Å². The normalized spacial score (nSPS) is 25.2. The molecule has 7 nitrogen and oxygen atoms in total. The molecule has 0 spiro atoms. The van der Waals surface area contributed by atoms with Gasteiger partial charge in [0.25, 0.3) is 0 Å². The average Bonchev–Trinajstić information content (AvgIpc) is 3.34. The van der Waals surface area contributed by atoms with Crippen LogP contribution in [0.2, 0.25) is 0 Å². The molecule has 2 fully saturated rings. The molecular weight excluding hydrogens is 438 g/mol. The quantitative estimate of drug-likeness (QED) is 0.549. The smallest absolute Gasteiger partial charge is 0.310 e. The minimum absolute atomic E-state index is 0.137. The molecule has 1 aliphatic carbocycles. The van der Waals surface area contributed by atoms with Gasteiger partial charge in [-0.2, -0.15) is 0 Å². The number of allylic oxidation sites excluding steroid dienone is 1. The van der Waals surface area contributed by atoms with Crippen molar-refractivity contribution >= 4 is 11.8 Å². The van der Waals surface area contributed by atoms with E-state index in [1.54, 1.807) is 0 Å². The predicted molar refractivity (Wildman–Crippen MR) is 140 cm³/mol. The Labute approximate surface area is 211 Å². The molecule has 35 heavy (non-hydrogen) atoms. The third-order valence-corrected chi connectivity index (χ3v) is 8.30. The van der Waals surface area contributed by atoms with Gasteiger partial charge in [0.2, 0.25) is 0 Å². The van der Waals surface area contributed by atoms with Crippen molar-refractivity contribution in [2.24, 2.45) is 5.92 Å². The second kappa shape index (κ2) is 11.1. The number of carbonyl (C=O) groups is 1. The van der Waals surface area contributed by atoms with Crippen LogP contribution >= 0.6 is 0 Å². The number of carbonyl (C=O) groups excluding carboxylic acids is 1. The Morgan fingerprint density at radius 1 is 1.31 bits per heavy atom. The number of anilines is 1. The Bertz CT molecular complexity index is 953. The van der Waals surface area contributed by atoms with Gasteiger partial charge in [0.15, 0.2) is 0 Å². The van der Waals surface area contributed by atoms with E-state index in [9.17, 15) is 4.79 Å². The topological polar surface area (TPSA) is 70.6 Å². The number of nitrogens with zero attached hydrogens (tertiary/aromatic N) is 4. The van der Waals surface area contributed by atoms with Crippen molar-refractivity contribution in [3.05, 3.63) is 41.5 Å². The predicted octanol–water partition coefficient (Wildman–Crippen LogP) is 4.48. The molecule has 1 aromatic rings. The van der Waals surface area contributed by atoms with Crippen molar-refractivity contribution in [1.82, 2.24) is 20.2 Å². The Balaban J connectivity index is 1.44. The standard InChI is InChI=1S/C28H43N5O2/c1-6-20(2)16-28(11-7-8-12-28)27-22(4)29-18-25(31-27)33-14-13-32(19-21(33)3)24-10-9-23(17-30-24)15-26(34)35-5/h9-10,17-18,20-21,24,30H,6-8,11-16,19H2,1-5H3/t20-,21?,24?/m1/s1. The SMILES string of the molecule is CC[C@@H](C)CC1(c2nc(N3CCN(C4C=CC(CC(=O)OC)=CN4)CC3C)cnc2C)CCCC1. The summed E-state index contributed by atoms with van der Waals surface area (Å²) < 4.78 is 4.77. The van der Waals surface area contributed by atoms with E-state index in [1.807, 2.05) is 18.5 Å². The lowest BCUT2D eigenvalue weighted by Crippen LogP contribution is -2.57. The van der Waals surface area contributed by atoms with Gasteiger partial charge in [-0.05, 0) is 50.7 Å². The fourth-order valence-electron chi connectivity index (χ4n) is 6.15. The van der Waals surface area contributed by atoms with E-state index in [-0.39, 0.29) is 17.6 Å². The second-order valence-electron chi connectivity index (χ2n) is 10.8. The van der Waals surface area contributed by atoms with Gasteiger partial charge in [-0.1, -0.05) is 39.2 Å². The molecular formula is C28H43N5O2. The lowest BCUT2D eigenvalue weighted by molar-refractivity contribution is -0.139. The summed E-state index contributed by atoms with van der Waals surface area (Å²) in [5.74, 6) is 1.52. The van der Waals surface area contributed by atoms with Crippen molar-refractivity contribution < 1.29 is 9.53 Å². The van der Waals surface area contributed by atoms with Crippen LogP contribution in [0.15, 0.2) is 30.1 Å². The molecule has 3 heterocycles. The van der Waals surface area contributed by atoms with E-state index in [1.165, 1.54) is 51.3 Å². The molecule has 192 valence electrons. The van der Waals surface area contributed by atoms with E-state index in [4.69, 9.17) is 14.7 Å². The fraction of sp³-hybridized carbons (Fsp3) is 0.679. The number of methoxy groups -OCH3 is 1. The number of nitrogens with one attached hydrogen (secondary N) is 1. The summed E-state index contributed by atoms with van der Waals surface area (Å²) in [6.07, 6.45) is 16.0.